The molecule has 17 heteroatoms. The Morgan fingerprint density at radius 1 is 0.638 bits per heavy atom. The van der Waals surface area contributed by atoms with Gasteiger partial charge < -0.3 is 33.9 Å². The average molecular weight is 1020 g/mol. The fourth-order valence-corrected chi connectivity index (χ4v) is 8.95. The first-order valence-electron chi connectivity index (χ1n) is 27.1. The first-order chi connectivity index (χ1) is 33.7. The van der Waals surface area contributed by atoms with Crippen molar-refractivity contribution < 1.29 is 47.7 Å². The molecule has 0 saturated carbocycles. The van der Waals surface area contributed by atoms with E-state index in [1.807, 2.05) is 6.20 Å². The Kier molecular flexibility index (Phi) is 49.0. The van der Waals surface area contributed by atoms with Gasteiger partial charge in [-0.15, -0.1) is 5.10 Å². The summed E-state index contributed by atoms with van der Waals surface area (Å²) in [4.78, 5) is 61.4. The van der Waals surface area contributed by atoms with Gasteiger partial charge in [0.05, 0.1) is 31.9 Å². The van der Waals surface area contributed by atoms with Gasteiger partial charge in [-0.2, -0.15) is 0 Å². The number of aryl methyl sites for hydroxylation is 1. The lowest BCUT2D eigenvalue weighted by Gasteiger charge is -2.22. The maximum absolute atomic E-state index is 12.8. The highest BCUT2D eigenvalue weighted by atomic mass is 33.1. The zero-order valence-corrected chi connectivity index (χ0v) is 45.6. The smallest absolute Gasteiger partial charge is 0.409 e. The Labute approximate surface area is 426 Å². The predicted octanol–water partition coefficient (Wildman–Crippen LogP) is 12.0. The van der Waals surface area contributed by atoms with E-state index >= 15 is 0 Å². The molecule has 1 rings (SSSR count). The first kappa shape index (κ1) is 66.0. The molecule has 0 unspecified atom stereocenters. The van der Waals surface area contributed by atoms with Crippen LogP contribution in [0.25, 0.3) is 0 Å². The Bertz CT molecular complexity index is 1340. The molecule has 0 atom stereocenters. The largest absolute Gasteiger partial charge is 0.467 e. The quantitative estimate of drug-likeness (QED) is 0.0214. The molecule has 0 aliphatic heterocycles. The van der Waals surface area contributed by atoms with Crippen molar-refractivity contribution in [3.05, 3.63) is 11.9 Å². The van der Waals surface area contributed by atoms with Gasteiger partial charge in [-0.1, -0.05) is 170 Å². The van der Waals surface area contributed by atoms with Crippen LogP contribution in [0.2, 0.25) is 0 Å². The van der Waals surface area contributed by atoms with Gasteiger partial charge in [0.1, 0.15) is 19.3 Å². The Hall–Kier alpha value is -3.05. The van der Waals surface area contributed by atoms with E-state index in [4.69, 9.17) is 18.9 Å². The zero-order chi connectivity index (χ0) is 50.7. The number of carbonyl (C=O) groups is 5. The second-order valence-corrected chi connectivity index (χ2v) is 20.2. The van der Waals surface area contributed by atoms with Gasteiger partial charge in [-0.3, -0.25) is 23.9 Å². The third-order valence-corrected chi connectivity index (χ3v) is 13.6. The molecule has 1 amide bonds. The number of unbranched alkanes of at least 4 members (excludes halogenated alkanes) is 18. The maximum Gasteiger partial charge on any atom is 0.409 e. The van der Waals surface area contributed by atoms with Gasteiger partial charge in [0, 0.05) is 50.2 Å². The Balaban J connectivity index is 0.00000462. The molecular weight excluding hydrogens is 919 g/mol. The predicted molar refractivity (Wildman–Crippen MR) is 281 cm³/mol. The lowest BCUT2D eigenvalue weighted by Crippen LogP contribution is -2.36. The summed E-state index contributed by atoms with van der Waals surface area (Å²) < 4.78 is 28.2. The number of nitrogens with zero attached hydrogens (tertiary/aromatic N) is 4. The number of amides is 1. The maximum atomic E-state index is 12.8. The van der Waals surface area contributed by atoms with E-state index in [0.717, 1.165) is 44.9 Å². The van der Waals surface area contributed by atoms with Crippen molar-refractivity contribution in [2.24, 2.45) is 0 Å². The van der Waals surface area contributed by atoms with Gasteiger partial charge in [0.15, 0.2) is 0 Å². The number of nitrogens with one attached hydrogen (secondary N) is 1. The number of hydrogen-bond acceptors (Lipinski definition) is 15. The zero-order valence-electron chi connectivity index (χ0n) is 44.0. The minimum atomic E-state index is -0.536. The molecule has 0 aromatic carbocycles. The van der Waals surface area contributed by atoms with Crippen molar-refractivity contribution in [1.29, 1.82) is 0 Å². The van der Waals surface area contributed by atoms with Crippen LogP contribution in [0, 0.1) is 0 Å². The van der Waals surface area contributed by atoms with E-state index in [0.29, 0.717) is 75.8 Å². The average Bonchev–Trinajstić information content (AvgIpc) is 3.80. The number of hydrogen-bond donors (Lipinski definition) is 1. The van der Waals surface area contributed by atoms with Crippen LogP contribution < -0.4 is 5.32 Å². The molecule has 0 bridgehead atoms. The monoisotopic (exact) mass is 1020 g/mol. The second-order valence-electron chi connectivity index (χ2n) is 17.5. The molecule has 0 radical (unpaired) electrons. The van der Waals surface area contributed by atoms with Crippen LogP contribution in [-0.4, -0.2) is 121 Å². The van der Waals surface area contributed by atoms with Crippen LogP contribution in [0.4, 0.5) is 4.79 Å². The molecule has 0 aliphatic carbocycles. The van der Waals surface area contributed by atoms with Crippen LogP contribution in [0.15, 0.2) is 6.20 Å². The summed E-state index contributed by atoms with van der Waals surface area (Å²) in [7, 11) is 3.01. The van der Waals surface area contributed by atoms with E-state index in [9.17, 15) is 24.0 Å². The summed E-state index contributed by atoms with van der Waals surface area (Å²) in [6.07, 6.45) is 32.0. The van der Waals surface area contributed by atoms with E-state index in [1.165, 1.54) is 136 Å². The second kappa shape index (κ2) is 51.3. The van der Waals surface area contributed by atoms with Crippen molar-refractivity contribution in [3.8, 4) is 0 Å². The first-order valence-corrected chi connectivity index (χ1v) is 29.5. The van der Waals surface area contributed by atoms with Gasteiger partial charge >= 0.3 is 24.0 Å². The Morgan fingerprint density at radius 3 is 1.81 bits per heavy atom. The number of rotatable bonds is 48. The number of aromatic nitrogens is 3. The van der Waals surface area contributed by atoms with Crippen LogP contribution >= 0.6 is 21.6 Å². The van der Waals surface area contributed by atoms with Crippen molar-refractivity contribution in [2.45, 2.75) is 227 Å². The molecular formula is C52H97N5O10S2. The summed E-state index contributed by atoms with van der Waals surface area (Å²) in [5, 5.41) is 11.4. The van der Waals surface area contributed by atoms with Crippen molar-refractivity contribution in [1.82, 2.24) is 25.2 Å². The molecule has 1 aromatic rings. The number of ether oxygens (including phenoxy) is 5. The number of esters is 3. The third-order valence-electron chi connectivity index (χ3n) is 11.3. The normalized spacial score (nSPS) is 10.9. The van der Waals surface area contributed by atoms with E-state index < -0.39 is 12.1 Å². The number of carbonyl (C=O) groups excluding carboxylic acids is 5. The summed E-state index contributed by atoms with van der Waals surface area (Å²) in [6.45, 7) is 13.7. The fourth-order valence-electron chi connectivity index (χ4n) is 7.29. The molecule has 0 saturated heterocycles. The van der Waals surface area contributed by atoms with Gasteiger partial charge in [0.25, 0.3) is 6.47 Å². The van der Waals surface area contributed by atoms with Gasteiger partial charge in [-0.05, 0) is 58.4 Å². The summed E-state index contributed by atoms with van der Waals surface area (Å²) in [5.74, 6) is 0.304. The molecule has 69 heavy (non-hydrogen) atoms. The van der Waals surface area contributed by atoms with Crippen LogP contribution in [0.3, 0.4) is 0 Å². The van der Waals surface area contributed by atoms with Gasteiger partial charge in [0.2, 0.25) is 0 Å². The molecule has 15 nitrogen and oxygen atoms in total. The molecule has 1 heterocycles. The van der Waals surface area contributed by atoms with E-state index in [2.05, 4.69) is 48.1 Å². The molecule has 402 valence electrons. The highest BCUT2D eigenvalue weighted by molar-refractivity contribution is 8.76. The van der Waals surface area contributed by atoms with Crippen molar-refractivity contribution >= 4 is 52.1 Å². The third kappa shape index (κ3) is 44.6. The standard InChI is InChI=1S/C43H77N5O10S2.C9H20/c1-4-7-9-11-13-16-21-39(22-17-14-12-10-8-5-2)58-41(51)23-18-15-19-28-48-36-38(45-46-48)25-30-56-40(50)24-29-47(27-20-26-44-35-42(52)55-6-3)43(53)57-32-34-60-59-33-31-54-37-49;1-3-5-7-9-8-6-4-2/h36-37,39,44H,4-35H2,1-3H3;3-9H2,1-2H3. The molecule has 0 fully saturated rings. The van der Waals surface area contributed by atoms with Crippen LogP contribution in [-0.2, 0) is 55.8 Å². The van der Waals surface area contributed by atoms with E-state index in [1.54, 1.807) is 11.6 Å². The minimum Gasteiger partial charge on any atom is -0.467 e. The minimum absolute atomic E-state index is 0.00811. The molecule has 1 N–H and O–H groups in total. The van der Waals surface area contributed by atoms with E-state index in [-0.39, 0.29) is 50.8 Å². The highest BCUT2D eigenvalue weighted by Gasteiger charge is 2.18. The molecule has 0 spiro atoms. The molecule has 0 aliphatic rings. The Morgan fingerprint density at radius 2 is 1.22 bits per heavy atom. The summed E-state index contributed by atoms with van der Waals surface area (Å²) in [6, 6.07) is 0. The van der Waals surface area contributed by atoms with Gasteiger partial charge in [-0.25, -0.2) is 4.79 Å². The van der Waals surface area contributed by atoms with Crippen molar-refractivity contribution in [3.63, 3.8) is 0 Å². The van der Waals surface area contributed by atoms with Crippen LogP contribution in [0.1, 0.15) is 214 Å². The van der Waals surface area contributed by atoms with Crippen LogP contribution in [0.5, 0.6) is 0 Å². The summed E-state index contributed by atoms with van der Waals surface area (Å²) >= 11 is 0. The topological polar surface area (TPSA) is 177 Å². The molecule has 1 aromatic heterocycles. The fraction of sp³-hybridized carbons (Fsp3) is 0.865. The highest BCUT2D eigenvalue weighted by Crippen LogP contribution is 2.21. The SMILES string of the molecule is CCCCCCCCC.CCCCCCCCC(CCCCCCCC)OC(=O)CCCCCn1cc(CCOC(=O)CCN(CCCNCC(=O)OCC)C(=O)OCCSSCCOC=O)nn1. The lowest BCUT2D eigenvalue weighted by atomic mass is 10.0. The van der Waals surface area contributed by atoms with Crippen molar-refractivity contribution in [2.75, 3.05) is 64.1 Å². The lowest BCUT2D eigenvalue weighted by molar-refractivity contribution is -0.150. The summed E-state index contributed by atoms with van der Waals surface area (Å²) in [5.41, 5.74) is 0.709.